The van der Waals surface area contributed by atoms with Crippen LogP contribution in [0.3, 0.4) is 0 Å². The van der Waals surface area contributed by atoms with Gasteiger partial charge in [0.25, 0.3) is 11.1 Å². The van der Waals surface area contributed by atoms with E-state index in [1.807, 2.05) is 29.6 Å². The summed E-state index contributed by atoms with van der Waals surface area (Å²) in [5.74, 6) is 1.72. The molecule has 0 atom stereocenters. The lowest BCUT2D eigenvalue weighted by Crippen LogP contribution is -1.95. The summed E-state index contributed by atoms with van der Waals surface area (Å²) in [7, 11) is 0. The average Bonchev–Trinajstić information content (AvgIpc) is 3.36. The quantitative estimate of drug-likeness (QED) is 0.305. The van der Waals surface area contributed by atoms with Gasteiger partial charge in [-0.05, 0) is 30.3 Å². The van der Waals surface area contributed by atoms with Crippen molar-refractivity contribution in [1.82, 2.24) is 15.2 Å². The maximum Gasteiger partial charge on any atom is 0.277 e. The highest BCUT2D eigenvalue weighted by Gasteiger charge is 2.11. The van der Waals surface area contributed by atoms with Gasteiger partial charge in [-0.1, -0.05) is 53.2 Å². The molecule has 0 bridgehead atoms. The average molecular weight is 450 g/mol. The zero-order valence-electron chi connectivity index (χ0n) is 14.3. The Morgan fingerprint density at radius 3 is 2.68 bits per heavy atom. The van der Waals surface area contributed by atoms with Crippen LogP contribution >= 0.6 is 46.3 Å². The zero-order chi connectivity index (χ0) is 19.3. The second-order valence-electron chi connectivity index (χ2n) is 5.62. The maximum atomic E-state index is 6.24. The fraction of sp³-hybridized carbons (Fsp3) is 0.105. The Labute approximate surface area is 179 Å². The van der Waals surface area contributed by atoms with Crippen LogP contribution in [0.2, 0.25) is 10.0 Å². The minimum absolute atomic E-state index is 0.197. The van der Waals surface area contributed by atoms with Gasteiger partial charge in [-0.25, -0.2) is 4.98 Å². The Morgan fingerprint density at radius 2 is 1.86 bits per heavy atom. The number of nitrogens with zero attached hydrogens (tertiary/aromatic N) is 3. The van der Waals surface area contributed by atoms with Crippen LogP contribution in [0.25, 0.3) is 10.6 Å². The molecule has 0 radical (unpaired) electrons. The molecule has 0 saturated heterocycles. The third-order valence-corrected chi connectivity index (χ3v) is 5.98. The molecule has 5 nitrogen and oxygen atoms in total. The molecule has 9 heteroatoms. The van der Waals surface area contributed by atoms with Crippen LogP contribution in [0.5, 0.6) is 5.75 Å². The first kappa shape index (κ1) is 19.3. The van der Waals surface area contributed by atoms with Crippen molar-refractivity contribution >= 4 is 46.3 Å². The molecule has 0 spiro atoms. The van der Waals surface area contributed by atoms with Gasteiger partial charge < -0.3 is 9.15 Å². The highest BCUT2D eigenvalue weighted by molar-refractivity contribution is 7.98. The van der Waals surface area contributed by atoms with Gasteiger partial charge in [0.15, 0.2) is 6.61 Å². The number of hydrogen-bond acceptors (Lipinski definition) is 7. The molecule has 4 rings (SSSR count). The maximum absolute atomic E-state index is 6.24. The van der Waals surface area contributed by atoms with E-state index in [-0.39, 0.29) is 6.61 Å². The fourth-order valence-electron chi connectivity index (χ4n) is 2.30. The van der Waals surface area contributed by atoms with E-state index in [1.165, 1.54) is 11.8 Å². The minimum atomic E-state index is 0.197. The van der Waals surface area contributed by atoms with Gasteiger partial charge in [-0.15, -0.1) is 21.5 Å². The lowest BCUT2D eigenvalue weighted by atomic mass is 10.2. The molecule has 2 heterocycles. The molecule has 0 aliphatic heterocycles. The first-order valence-corrected chi connectivity index (χ1v) is 10.8. The van der Waals surface area contributed by atoms with Crippen molar-refractivity contribution in [2.75, 3.05) is 0 Å². The number of benzene rings is 2. The molecule has 0 unspecified atom stereocenters. The molecule has 4 aromatic rings. The number of hydrogen-bond donors (Lipinski definition) is 0. The van der Waals surface area contributed by atoms with Gasteiger partial charge in [-0.3, -0.25) is 0 Å². The molecular weight excluding hydrogens is 437 g/mol. The van der Waals surface area contributed by atoms with E-state index in [9.17, 15) is 0 Å². The fourth-order valence-corrected chi connectivity index (χ4v) is 4.34. The van der Waals surface area contributed by atoms with Crippen LogP contribution in [-0.2, 0) is 12.4 Å². The third-order valence-electron chi connectivity index (χ3n) is 3.62. The summed E-state index contributed by atoms with van der Waals surface area (Å²) in [6.45, 7) is 0.197. The van der Waals surface area contributed by atoms with E-state index < -0.39 is 0 Å². The predicted molar refractivity (Wildman–Crippen MR) is 112 cm³/mol. The van der Waals surface area contributed by atoms with E-state index in [0.717, 1.165) is 16.3 Å². The van der Waals surface area contributed by atoms with Crippen LogP contribution in [-0.4, -0.2) is 15.2 Å². The number of halogens is 2. The lowest BCUT2D eigenvalue weighted by molar-refractivity contribution is 0.252. The van der Waals surface area contributed by atoms with Crippen LogP contribution in [0, 0.1) is 0 Å². The summed E-state index contributed by atoms with van der Waals surface area (Å²) in [6, 6.07) is 14.8. The summed E-state index contributed by atoms with van der Waals surface area (Å²) in [4.78, 5) is 4.63. The summed E-state index contributed by atoms with van der Waals surface area (Å²) in [5.41, 5.74) is 1.87. The van der Waals surface area contributed by atoms with Gasteiger partial charge in [0.05, 0.1) is 10.7 Å². The molecule has 0 saturated carbocycles. The highest BCUT2D eigenvalue weighted by atomic mass is 35.5. The Hall–Kier alpha value is -2.06. The van der Waals surface area contributed by atoms with Crippen molar-refractivity contribution < 1.29 is 9.15 Å². The summed E-state index contributed by atoms with van der Waals surface area (Å²) in [5, 5.41) is 12.8. The molecule has 0 N–H and O–H groups in total. The zero-order valence-corrected chi connectivity index (χ0v) is 17.5. The number of thiazole rings is 1. The molecule has 28 heavy (non-hydrogen) atoms. The van der Waals surface area contributed by atoms with E-state index in [4.69, 9.17) is 32.4 Å². The van der Waals surface area contributed by atoms with Gasteiger partial charge >= 0.3 is 0 Å². The lowest BCUT2D eigenvalue weighted by Gasteiger charge is -2.02. The molecule has 0 aliphatic carbocycles. The van der Waals surface area contributed by atoms with Crippen LogP contribution in [0.1, 0.15) is 11.6 Å². The number of thioether (sulfide) groups is 1. The van der Waals surface area contributed by atoms with Crippen LogP contribution < -0.4 is 4.74 Å². The summed E-state index contributed by atoms with van der Waals surface area (Å²) in [6.07, 6.45) is 0. The van der Waals surface area contributed by atoms with Gasteiger partial charge in [0.2, 0.25) is 0 Å². The van der Waals surface area contributed by atoms with Crippen LogP contribution in [0.4, 0.5) is 0 Å². The van der Waals surface area contributed by atoms with E-state index in [0.29, 0.717) is 32.7 Å². The second-order valence-corrected chi connectivity index (χ2v) is 8.25. The normalized spacial score (nSPS) is 10.9. The Kier molecular flexibility index (Phi) is 6.17. The van der Waals surface area contributed by atoms with Gasteiger partial charge in [0.1, 0.15) is 10.8 Å². The summed E-state index contributed by atoms with van der Waals surface area (Å²) >= 11 is 15.1. The first-order valence-electron chi connectivity index (χ1n) is 8.20. The molecule has 2 aromatic carbocycles. The molecule has 0 fully saturated rings. The molecule has 2 aromatic heterocycles. The van der Waals surface area contributed by atoms with Gasteiger partial charge in [0, 0.05) is 21.7 Å². The van der Waals surface area contributed by atoms with E-state index in [2.05, 4.69) is 15.2 Å². The number of ether oxygens (including phenoxy) is 1. The minimum Gasteiger partial charge on any atom is -0.484 e. The van der Waals surface area contributed by atoms with Crippen molar-refractivity contribution in [3.8, 4) is 16.3 Å². The topological polar surface area (TPSA) is 61.0 Å². The van der Waals surface area contributed by atoms with Crippen molar-refractivity contribution in [2.45, 2.75) is 17.6 Å². The first-order chi connectivity index (χ1) is 13.7. The molecule has 0 aliphatic rings. The van der Waals surface area contributed by atoms with Crippen LogP contribution in [0.15, 0.2) is 63.6 Å². The van der Waals surface area contributed by atoms with Crippen molar-refractivity contribution in [1.29, 1.82) is 0 Å². The van der Waals surface area contributed by atoms with Crippen molar-refractivity contribution in [3.05, 3.63) is 75.5 Å². The Morgan fingerprint density at radius 1 is 1.04 bits per heavy atom. The third kappa shape index (κ3) is 4.86. The number of rotatable bonds is 7. The molecular formula is C19H13Cl2N3O2S2. The monoisotopic (exact) mass is 449 g/mol. The largest absolute Gasteiger partial charge is 0.484 e. The standard InChI is InChI=1S/C19H13Cl2N3O2S2/c20-12-5-7-14(8-6-12)25-9-17-23-24-19(26-17)28-11-13-10-27-18(22-13)15-3-1-2-4-16(15)21/h1-8,10H,9,11H2. The van der Waals surface area contributed by atoms with Crippen molar-refractivity contribution in [3.63, 3.8) is 0 Å². The SMILES string of the molecule is Clc1ccc(OCc2nnc(SCc3csc(-c4ccccc4Cl)n3)o2)cc1. The van der Waals surface area contributed by atoms with E-state index >= 15 is 0 Å². The van der Waals surface area contributed by atoms with Crippen molar-refractivity contribution in [2.24, 2.45) is 0 Å². The summed E-state index contributed by atoms with van der Waals surface area (Å²) < 4.78 is 11.2. The molecule has 142 valence electrons. The van der Waals surface area contributed by atoms with E-state index in [1.54, 1.807) is 35.6 Å². The molecule has 0 amide bonds. The second kappa shape index (κ2) is 8.96. The predicted octanol–water partition coefficient (Wildman–Crippen LogP) is 6.37. The Balaban J connectivity index is 1.32. The number of aromatic nitrogens is 3. The van der Waals surface area contributed by atoms with Gasteiger partial charge in [-0.2, -0.15) is 0 Å². The Bertz CT molecular complexity index is 1070. The highest BCUT2D eigenvalue weighted by Crippen LogP contribution is 2.31. The smallest absolute Gasteiger partial charge is 0.277 e.